The summed E-state index contributed by atoms with van der Waals surface area (Å²) in [7, 11) is 4.19. The number of benzene rings is 1. The van der Waals surface area contributed by atoms with Crippen molar-refractivity contribution in [1.29, 1.82) is 0 Å². The second-order valence-corrected chi connectivity index (χ2v) is 8.84. The maximum Gasteiger partial charge on any atom is 0.261 e. The molecule has 3 aromatic rings. The van der Waals surface area contributed by atoms with E-state index in [0.29, 0.717) is 23.4 Å². The van der Waals surface area contributed by atoms with Gasteiger partial charge in [-0.1, -0.05) is 12.1 Å². The summed E-state index contributed by atoms with van der Waals surface area (Å²) >= 11 is 1.67. The van der Waals surface area contributed by atoms with Gasteiger partial charge < -0.3 is 20.4 Å². The first-order chi connectivity index (χ1) is 14.6. The Balaban J connectivity index is 1.44. The van der Waals surface area contributed by atoms with Crippen LogP contribution in [0.4, 0.5) is 23.1 Å². The Morgan fingerprint density at radius 3 is 2.77 bits per heavy atom. The molecular formula is C22H24N6OS. The Morgan fingerprint density at radius 2 is 2.00 bits per heavy atom. The van der Waals surface area contributed by atoms with Gasteiger partial charge in [0, 0.05) is 24.2 Å². The number of thiophene rings is 1. The number of amides is 1. The molecule has 4 heterocycles. The van der Waals surface area contributed by atoms with Gasteiger partial charge in [0.05, 0.1) is 11.4 Å². The number of piperidine rings is 1. The van der Waals surface area contributed by atoms with Crippen molar-refractivity contribution in [3.05, 3.63) is 47.5 Å². The van der Waals surface area contributed by atoms with E-state index in [0.717, 1.165) is 47.7 Å². The molecule has 7 nitrogen and oxygen atoms in total. The molecular weight excluding hydrogens is 396 g/mol. The van der Waals surface area contributed by atoms with E-state index < -0.39 is 0 Å². The highest BCUT2D eigenvalue weighted by molar-refractivity contribution is 7.13. The summed E-state index contributed by atoms with van der Waals surface area (Å²) in [4.78, 5) is 27.7. The number of carbonyl (C=O) groups is 1. The average Bonchev–Trinajstić information content (AvgIpc) is 3.25. The van der Waals surface area contributed by atoms with E-state index in [1.54, 1.807) is 17.5 Å². The second kappa shape index (κ2) is 7.70. The van der Waals surface area contributed by atoms with E-state index in [1.165, 1.54) is 0 Å². The average molecular weight is 421 g/mol. The van der Waals surface area contributed by atoms with Gasteiger partial charge in [-0.2, -0.15) is 4.98 Å². The smallest absolute Gasteiger partial charge is 0.261 e. The largest absolute Gasteiger partial charge is 0.341 e. The Morgan fingerprint density at radius 1 is 1.17 bits per heavy atom. The van der Waals surface area contributed by atoms with E-state index in [-0.39, 0.29) is 5.91 Å². The normalized spacial score (nSPS) is 16.8. The number of hydrogen-bond acceptors (Lipinski definition) is 7. The van der Waals surface area contributed by atoms with Crippen molar-refractivity contribution in [2.24, 2.45) is 0 Å². The molecule has 1 amide bonds. The van der Waals surface area contributed by atoms with Gasteiger partial charge in [-0.05, 0) is 62.1 Å². The first-order valence-corrected chi connectivity index (χ1v) is 11.0. The lowest BCUT2D eigenvalue weighted by Crippen LogP contribution is -2.42. The summed E-state index contributed by atoms with van der Waals surface area (Å²) in [5.74, 6) is 0.982. The molecule has 30 heavy (non-hydrogen) atoms. The highest BCUT2D eigenvalue weighted by atomic mass is 32.1. The summed E-state index contributed by atoms with van der Waals surface area (Å²) in [5, 5.41) is 8.39. The van der Waals surface area contributed by atoms with Crippen LogP contribution in [-0.2, 0) is 0 Å². The standard InChI is InChI=1S/C22H24N6OS/c1-27-9-7-15(8-10-27)28(2)22-23-13-16-20(26-22)24-17-6-5-14(19-4-3-11-30-19)12-18(17)25-21(16)29/h3-6,11-13,15H,7-10H2,1-2H3,(H,25,29)(H,23,24,26). The van der Waals surface area contributed by atoms with Crippen molar-refractivity contribution in [3.63, 3.8) is 0 Å². The maximum atomic E-state index is 12.8. The van der Waals surface area contributed by atoms with Crippen LogP contribution >= 0.6 is 11.3 Å². The number of likely N-dealkylation sites (tertiary alicyclic amines) is 1. The van der Waals surface area contributed by atoms with Gasteiger partial charge in [0.15, 0.2) is 0 Å². The SMILES string of the molecule is CN1CCC(N(C)c2ncc3c(n2)Nc2ccc(-c4cccs4)cc2NC3=O)CC1. The fourth-order valence-electron chi connectivity index (χ4n) is 4.02. The zero-order chi connectivity index (χ0) is 20.7. The lowest BCUT2D eigenvalue weighted by Gasteiger charge is -2.35. The molecule has 154 valence electrons. The first-order valence-electron chi connectivity index (χ1n) is 10.1. The predicted molar refractivity (Wildman–Crippen MR) is 122 cm³/mol. The predicted octanol–water partition coefficient (Wildman–Crippen LogP) is 4.04. The van der Waals surface area contributed by atoms with Crippen LogP contribution in [0.15, 0.2) is 41.9 Å². The molecule has 0 saturated carbocycles. The molecule has 2 aliphatic heterocycles. The summed E-state index contributed by atoms with van der Waals surface area (Å²) < 4.78 is 0. The zero-order valence-corrected chi connectivity index (χ0v) is 17.9. The third kappa shape index (κ3) is 3.53. The van der Waals surface area contributed by atoms with Gasteiger partial charge in [0.1, 0.15) is 11.4 Å². The Kier molecular flexibility index (Phi) is 4.88. The molecule has 0 atom stereocenters. The molecule has 2 N–H and O–H groups in total. The molecule has 0 radical (unpaired) electrons. The zero-order valence-electron chi connectivity index (χ0n) is 17.1. The number of aromatic nitrogens is 2. The number of nitrogens with zero attached hydrogens (tertiary/aromatic N) is 4. The Bertz CT molecular complexity index is 1080. The van der Waals surface area contributed by atoms with Gasteiger partial charge in [0.25, 0.3) is 5.91 Å². The molecule has 8 heteroatoms. The molecule has 2 aliphatic rings. The van der Waals surface area contributed by atoms with E-state index in [1.807, 2.05) is 30.6 Å². The van der Waals surface area contributed by atoms with E-state index in [2.05, 4.69) is 44.6 Å². The maximum absolute atomic E-state index is 12.8. The van der Waals surface area contributed by atoms with Crippen LogP contribution in [0.3, 0.4) is 0 Å². The third-order valence-corrected chi connectivity index (χ3v) is 6.82. The van der Waals surface area contributed by atoms with Gasteiger partial charge in [0.2, 0.25) is 5.95 Å². The number of anilines is 4. The quantitative estimate of drug-likeness (QED) is 0.666. The minimum absolute atomic E-state index is 0.201. The molecule has 1 aromatic carbocycles. The second-order valence-electron chi connectivity index (χ2n) is 7.89. The number of nitrogens with one attached hydrogen (secondary N) is 2. The summed E-state index contributed by atoms with van der Waals surface area (Å²) in [6.07, 6.45) is 3.78. The highest BCUT2D eigenvalue weighted by Gasteiger charge is 2.26. The van der Waals surface area contributed by atoms with Crippen LogP contribution in [0.5, 0.6) is 0 Å². The van der Waals surface area contributed by atoms with Crippen molar-refractivity contribution in [2.45, 2.75) is 18.9 Å². The molecule has 0 spiro atoms. The van der Waals surface area contributed by atoms with E-state index in [9.17, 15) is 4.79 Å². The Hall–Kier alpha value is -2.97. The van der Waals surface area contributed by atoms with Gasteiger partial charge in [-0.3, -0.25) is 4.79 Å². The van der Waals surface area contributed by atoms with Crippen LogP contribution in [0.1, 0.15) is 23.2 Å². The van der Waals surface area contributed by atoms with Gasteiger partial charge in [-0.25, -0.2) is 4.98 Å². The molecule has 1 saturated heterocycles. The minimum atomic E-state index is -0.201. The number of rotatable bonds is 3. The fourth-order valence-corrected chi connectivity index (χ4v) is 4.74. The molecule has 2 aromatic heterocycles. The topological polar surface area (TPSA) is 73.4 Å². The third-order valence-electron chi connectivity index (χ3n) is 5.90. The molecule has 0 bridgehead atoms. The van der Waals surface area contributed by atoms with Crippen LogP contribution in [0.2, 0.25) is 0 Å². The van der Waals surface area contributed by atoms with Crippen LogP contribution < -0.4 is 15.5 Å². The lowest BCUT2D eigenvalue weighted by molar-refractivity contribution is 0.102. The summed E-state index contributed by atoms with van der Waals surface area (Å²) in [5.41, 5.74) is 3.10. The lowest BCUT2D eigenvalue weighted by atomic mass is 10.0. The van der Waals surface area contributed by atoms with Gasteiger partial charge in [-0.15, -0.1) is 11.3 Å². The van der Waals surface area contributed by atoms with Crippen molar-refractivity contribution in [3.8, 4) is 10.4 Å². The molecule has 1 fully saturated rings. The highest BCUT2D eigenvalue weighted by Crippen LogP contribution is 2.36. The van der Waals surface area contributed by atoms with E-state index >= 15 is 0 Å². The number of carbonyl (C=O) groups excluding carboxylic acids is 1. The first kappa shape index (κ1) is 19.0. The van der Waals surface area contributed by atoms with Crippen LogP contribution in [0.25, 0.3) is 10.4 Å². The summed E-state index contributed by atoms with van der Waals surface area (Å²) in [6.45, 7) is 2.14. The van der Waals surface area contributed by atoms with Crippen molar-refractivity contribution >= 4 is 40.4 Å². The van der Waals surface area contributed by atoms with E-state index in [4.69, 9.17) is 4.98 Å². The fraction of sp³-hybridized carbons (Fsp3) is 0.318. The Labute approximate surface area is 179 Å². The minimum Gasteiger partial charge on any atom is -0.341 e. The van der Waals surface area contributed by atoms with Crippen LogP contribution in [0, 0.1) is 0 Å². The van der Waals surface area contributed by atoms with Gasteiger partial charge >= 0.3 is 0 Å². The number of hydrogen-bond donors (Lipinski definition) is 2. The monoisotopic (exact) mass is 420 g/mol. The molecule has 5 rings (SSSR count). The number of fused-ring (bicyclic) bond motifs is 2. The molecule has 0 unspecified atom stereocenters. The summed E-state index contributed by atoms with van der Waals surface area (Å²) in [6, 6.07) is 10.5. The van der Waals surface area contributed by atoms with Crippen LogP contribution in [-0.4, -0.2) is 54.0 Å². The van der Waals surface area contributed by atoms with Crippen molar-refractivity contribution < 1.29 is 4.79 Å². The molecule has 0 aliphatic carbocycles. The van der Waals surface area contributed by atoms with Crippen molar-refractivity contribution in [1.82, 2.24) is 14.9 Å². The van der Waals surface area contributed by atoms with Crippen molar-refractivity contribution in [2.75, 3.05) is 42.7 Å².